The zero-order valence-electron chi connectivity index (χ0n) is 15.0. The Bertz CT molecular complexity index is 846. The van der Waals surface area contributed by atoms with Gasteiger partial charge in [-0.3, -0.25) is 14.9 Å². The van der Waals surface area contributed by atoms with Crippen LogP contribution in [0.15, 0.2) is 42.5 Å². The van der Waals surface area contributed by atoms with Gasteiger partial charge in [0.1, 0.15) is 5.82 Å². The van der Waals surface area contributed by atoms with Crippen LogP contribution in [-0.2, 0) is 10.2 Å². The van der Waals surface area contributed by atoms with Gasteiger partial charge in [-0.2, -0.15) is 0 Å². The molecule has 1 heterocycles. The minimum atomic E-state index is -0.495. The van der Waals surface area contributed by atoms with Crippen LogP contribution in [0.3, 0.4) is 0 Å². The first kappa shape index (κ1) is 19.0. The number of nitro groups is 1. The molecule has 0 atom stereocenters. The maximum Gasteiger partial charge on any atom is 0.273 e. The number of aryl methyl sites for hydroxylation is 1. The molecule has 1 aliphatic rings. The van der Waals surface area contributed by atoms with Crippen molar-refractivity contribution in [3.8, 4) is 0 Å². The van der Waals surface area contributed by atoms with Gasteiger partial charge < -0.3 is 10.1 Å². The first-order chi connectivity index (χ1) is 12.9. The van der Waals surface area contributed by atoms with Crippen LogP contribution >= 0.6 is 0 Å². The Kier molecular flexibility index (Phi) is 5.51. The Labute approximate surface area is 156 Å². The van der Waals surface area contributed by atoms with Crippen LogP contribution in [0.25, 0.3) is 0 Å². The van der Waals surface area contributed by atoms with Gasteiger partial charge in [0.2, 0.25) is 0 Å². The fraction of sp³-hybridized carbons (Fsp3) is 0.350. The van der Waals surface area contributed by atoms with Crippen molar-refractivity contribution in [3.63, 3.8) is 0 Å². The molecule has 0 unspecified atom stereocenters. The van der Waals surface area contributed by atoms with Crippen molar-refractivity contribution < 1.29 is 18.8 Å². The van der Waals surface area contributed by atoms with E-state index in [9.17, 15) is 19.3 Å². The van der Waals surface area contributed by atoms with E-state index in [2.05, 4.69) is 5.32 Å². The van der Waals surface area contributed by atoms with Crippen molar-refractivity contribution in [2.45, 2.75) is 25.2 Å². The molecule has 1 amide bonds. The third kappa shape index (κ3) is 4.14. The number of amides is 1. The van der Waals surface area contributed by atoms with Gasteiger partial charge in [-0.25, -0.2) is 4.39 Å². The van der Waals surface area contributed by atoms with Crippen LogP contribution < -0.4 is 5.32 Å². The third-order valence-electron chi connectivity index (χ3n) is 5.16. The van der Waals surface area contributed by atoms with Crippen LogP contribution in [0.5, 0.6) is 0 Å². The summed E-state index contributed by atoms with van der Waals surface area (Å²) in [4.78, 5) is 23.2. The molecule has 0 bridgehead atoms. The Balaban J connectivity index is 1.79. The number of hydrogen-bond acceptors (Lipinski definition) is 4. The van der Waals surface area contributed by atoms with Gasteiger partial charge >= 0.3 is 0 Å². The van der Waals surface area contributed by atoms with E-state index in [4.69, 9.17) is 4.74 Å². The van der Waals surface area contributed by atoms with E-state index in [-0.39, 0.29) is 28.4 Å². The van der Waals surface area contributed by atoms with Crippen molar-refractivity contribution in [3.05, 3.63) is 75.1 Å². The monoisotopic (exact) mass is 372 g/mol. The second-order valence-corrected chi connectivity index (χ2v) is 6.84. The fourth-order valence-electron chi connectivity index (χ4n) is 3.43. The maximum atomic E-state index is 13.3. The SMILES string of the molecule is Cc1ccc(C(=O)NCC2(c3ccc(F)cc3)CCOCC2)cc1[N+](=O)[O-]. The molecule has 6 nitrogen and oxygen atoms in total. The Morgan fingerprint density at radius 3 is 2.52 bits per heavy atom. The summed E-state index contributed by atoms with van der Waals surface area (Å²) >= 11 is 0. The zero-order chi connectivity index (χ0) is 19.4. The predicted molar refractivity (Wildman–Crippen MR) is 98.3 cm³/mol. The first-order valence-electron chi connectivity index (χ1n) is 8.78. The van der Waals surface area contributed by atoms with E-state index in [0.717, 1.165) is 5.56 Å². The lowest BCUT2D eigenvalue weighted by atomic mass is 9.74. The number of benzene rings is 2. The van der Waals surface area contributed by atoms with Crippen LogP contribution in [0.1, 0.15) is 34.3 Å². The fourth-order valence-corrected chi connectivity index (χ4v) is 3.43. The molecule has 7 heteroatoms. The highest BCUT2D eigenvalue weighted by Crippen LogP contribution is 2.34. The number of nitro benzene ring substituents is 1. The number of nitrogens with zero attached hydrogens (tertiary/aromatic N) is 1. The number of hydrogen-bond donors (Lipinski definition) is 1. The normalized spacial score (nSPS) is 15.9. The van der Waals surface area contributed by atoms with E-state index in [1.807, 2.05) is 0 Å². The highest BCUT2D eigenvalue weighted by molar-refractivity contribution is 5.95. The standard InChI is InChI=1S/C20H21FN2O4/c1-14-2-3-15(12-18(14)23(25)26)19(24)22-13-20(8-10-27-11-9-20)16-4-6-17(21)7-5-16/h2-7,12H,8-11,13H2,1H3,(H,22,24). The molecule has 1 saturated heterocycles. The van der Waals surface area contributed by atoms with Gasteiger partial charge in [0.05, 0.1) is 4.92 Å². The van der Waals surface area contributed by atoms with Crippen molar-refractivity contribution >= 4 is 11.6 Å². The molecule has 0 spiro atoms. The molecule has 1 fully saturated rings. The van der Waals surface area contributed by atoms with Gasteiger partial charge in [-0.05, 0) is 43.5 Å². The molecule has 27 heavy (non-hydrogen) atoms. The van der Waals surface area contributed by atoms with Crippen LogP contribution in [-0.4, -0.2) is 30.6 Å². The smallest absolute Gasteiger partial charge is 0.273 e. The minimum Gasteiger partial charge on any atom is -0.381 e. The second kappa shape index (κ2) is 7.84. The van der Waals surface area contributed by atoms with Crippen LogP contribution in [0, 0.1) is 22.9 Å². The van der Waals surface area contributed by atoms with Crippen LogP contribution in [0.4, 0.5) is 10.1 Å². The largest absolute Gasteiger partial charge is 0.381 e. The summed E-state index contributed by atoms with van der Waals surface area (Å²) in [6.07, 6.45) is 1.40. The number of nitrogens with one attached hydrogen (secondary N) is 1. The van der Waals surface area contributed by atoms with E-state index in [0.29, 0.717) is 38.2 Å². The number of rotatable bonds is 5. The maximum absolute atomic E-state index is 13.3. The van der Waals surface area contributed by atoms with Gasteiger partial charge in [0, 0.05) is 42.4 Å². The number of ether oxygens (including phenoxy) is 1. The average molecular weight is 372 g/mol. The molecule has 142 valence electrons. The minimum absolute atomic E-state index is 0.0815. The first-order valence-corrected chi connectivity index (χ1v) is 8.78. The molecule has 0 aromatic heterocycles. The van der Waals surface area contributed by atoms with Gasteiger partial charge in [-0.1, -0.05) is 18.2 Å². The highest BCUT2D eigenvalue weighted by atomic mass is 19.1. The molecule has 0 radical (unpaired) electrons. The molecule has 2 aromatic carbocycles. The van der Waals surface area contributed by atoms with Gasteiger partial charge in [0.25, 0.3) is 11.6 Å². The number of carbonyl (C=O) groups is 1. The Morgan fingerprint density at radius 1 is 1.22 bits per heavy atom. The second-order valence-electron chi connectivity index (χ2n) is 6.84. The lowest BCUT2D eigenvalue weighted by Gasteiger charge is -2.38. The molecule has 0 saturated carbocycles. The summed E-state index contributed by atoms with van der Waals surface area (Å²) in [7, 11) is 0. The number of carbonyl (C=O) groups excluding carboxylic acids is 1. The molecular weight excluding hydrogens is 351 g/mol. The summed E-state index contributed by atoms with van der Waals surface area (Å²) in [5.41, 5.74) is 1.26. The van der Waals surface area contributed by atoms with Crippen molar-refractivity contribution in [1.29, 1.82) is 0 Å². The van der Waals surface area contributed by atoms with E-state index >= 15 is 0 Å². The topological polar surface area (TPSA) is 81.5 Å². The molecule has 0 aliphatic carbocycles. The average Bonchev–Trinajstić information content (AvgIpc) is 2.67. The summed E-state index contributed by atoms with van der Waals surface area (Å²) in [5.74, 6) is -0.678. The van der Waals surface area contributed by atoms with Gasteiger partial charge in [0.15, 0.2) is 0 Å². The highest BCUT2D eigenvalue weighted by Gasteiger charge is 2.35. The molecular formula is C20H21FN2O4. The lowest BCUT2D eigenvalue weighted by molar-refractivity contribution is -0.385. The van der Waals surface area contributed by atoms with E-state index in [1.54, 1.807) is 31.2 Å². The Hall–Kier alpha value is -2.80. The van der Waals surface area contributed by atoms with Crippen molar-refractivity contribution in [1.82, 2.24) is 5.32 Å². The molecule has 1 N–H and O–H groups in total. The summed E-state index contributed by atoms with van der Waals surface area (Å²) in [5, 5.41) is 14.0. The Morgan fingerprint density at radius 2 is 1.89 bits per heavy atom. The zero-order valence-corrected chi connectivity index (χ0v) is 15.0. The number of halogens is 1. The van der Waals surface area contributed by atoms with Crippen LogP contribution in [0.2, 0.25) is 0 Å². The quantitative estimate of drug-likeness (QED) is 0.643. The summed E-state index contributed by atoms with van der Waals surface area (Å²) in [6.45, 7) is 3.10. The molecule has 3 rings (SSSR count). The summed E-state index contributed by atoms with van der Waals surface area (Å²) in [6, 6.07) is 10.7. The lowest BCUT2D eigenvalue weighted by Crippen LogP contribution is -2.44. The van der Waals surface area contributed by atoms with E-state index in [1.165, 1.54) is 18.2 Å². The predicted octanol–water partition coefficient (Wildman–Crippen LogP) is 3.52. The van der Waals surface area contributed by atoms with Crippen molar-refractivity contribution in [2.75, 3.05) is 19.8 Å². The molecule has 2 aromatic rings. The molecule has 1 aliphatic heterocycles. The van der Waals surface area contributed by atoms with Crippen molar-refractivity contribution in [2.24, 2.45) is 0 Å². The van der Waals surface area contributed by atoms with Gasteiger partial charge in [-0.15, -0.1) is 0 Å². The van der Waals surface area contributed by atoms with E-state index < -0.39 is 4.92 Å². The summed E-state index contributed by atoms with van der Waals surface area (Å²) < 4.78 is 18.8. The third-order valence-corrected chi connectivity index (χ3v) is 5.16.